The van der Waals surface area contributed by atoms with Crippen LogP contribution in [0.1, 0.15) is 24.1 Å². The molecule has 2 rings (SSSR count). The maximum atomic E-state index is 12.4. The highest BCUT2D eigenvalue weighted by Gasteiger charge is 2.21. The standard InChI is InChI=1S/C19H23BrN2O3S/c1-15(17-9-6-10-18(20)13-17)21-19(23)14-22(26(2,24)25)12-11-16-7-4-3-5-8-16/h3-10,13,15H,11-12,14H2,1-2H3,(H,21,23). The van der Waals surface area contributed by atoms with Gasteiger partial charge in [-0.25, -0.2) is 8.42 Å². The van der Waals surface area contributed by atoms with E-state index in [1.54, 1.807) is 0 Å². The van der Waals surface area contributed by atoms with E-state index in [0.29, 0.717) is 6.42 Å². The fraction of sp³-hybridized carbons (Fsp3) is 0.316. The molecular weight excluding hydrogens is 416 g/mol. The van der Waals surface area contributed by atoms with E-state index < -0.39 is 10.0 Å². The van der Waals surface area contributed by atoms with Crippen LogP contribution in [-0.4, -0.2) is 38.0 Å². The van der Waals surface area contributed by atoms with E-state index in [1.807, 2.05) is 61.5 Å². The van der Waals surface area contributed by atoms with E-state index in [-0.39, 0.29) is 25.0 Å². The number of nitrogens with zero attached hydrogens (tertiary/aromatic N) is 1. The number of halogens is 1. The Labute approximate surface area is 163 Å². The van der Waals surface area contributed by atoms with Crippen molar-refractivity contribution in [2.45, 2.75) is 19.4 Å². The van der Waals surface area contributed by atoms with Crippen molar-refractivity contribution in [2.75, 3.05) is 19.3 Å². The third kappa shape index (κ3) is 6.55. The zero-order valence-electron chi connectivity index (χ0n) is 14.9. The Morgan fingerprint density at radius 1 is 1.15 bits per heavy atom. The van der Waals surface area contributed by atoms with E-state index >= 15 is 0 Å². The summed E-state index contributed by atoms with van der Waals surface area (Å²) in [4.78, 5) is 12.4. The van der Waals surface area contributed by atoms with Gasteiger partial charge >= 0.3 is 0 Å². The molecule has 0 heterocycles. The summed E-state index contributed by atoms with van der Waals surface area (Å²) in [7, 11) is -3.47. The third-order valence-corrected chi connectivity index (χ3v) is 5.75. The summed E-state index contributed by atoms with van der Waals surface area (Å²) in [5.41, 5.74) is 1.98. The summed E-state index contributed by atoms with van der Waals surface area (Å²) < 4.78 is 26.2. The largest absolute Gasteiger partial charge is 0.348 e. The minimum absolute atomic E-state index is 0.190. The molecule has 0 aliphatic rings. The van der Waals surface area contributed by atoms with Gasteiger partial charge in [-0.15, -0.1) is 0 Å². The minimum atomic E-state index is -3.47. The van der Waals surface area contributed by atoms with Gasteiger partial charge in [0.15, 0.2) is 0 Å². The Kier molecular flexibility index (Phi) is 7.37. The van der Waals surface area contributed by atoms with Gasteiger partial charge in [0.05, 0.1) is 18.8 Å². The highest BCUT2D eigenvalue weighted by molar-refractivity contribution is 9.10. The Morgan fingerprint density at radius 2 is 1.85 bits per heavy atom. The summed E-state index contributed by atoms with van der Waals surface area (Å²) in [5.74, 6) is -0.323. The quantitative estimate of drug-likeness (QED) is 0.688. The van der Waals surface area contributed by atoms with Crippen LogP contribution in [0.3, 0.4) is 0 Å². The second-order valence-corrected chi connectivity index (χ2v) is 9.07. The van der Waals surface area contributed by atoms with Crippen molar-refractivity contribution in [3.8, 4) is 0 Å². The van der Waals surface area contributed by atoms with E-state index in [9.17, 15) is 13.2 Å². The first-order chi connectivity index (χ1) is 12.3. The van der Waals surface area contributed by atoms with E-state index in [1.165, 1.54) is 4.31 Å². The van der Waals surface area contributed by atoms with Crippen molar-refractivity contribution >= 4 is 31.9 Å². The summed E-state index contributed by atoms with van der Waals surface area (Å²) >= 11 is 3.41. The van der Waals surface area contributed by atoms with Crippen LogP contribution in [-0.2, 0) is 21.2 Å². The first-order valence-electron chi connectivity index (χ1n) is 8.29. The van der Waals surface area contributed by atoms with Crippen LogP contribution in [0, 0.1) is 0 Å². The second kappa shape index (κ2) is 9.30. The number of carbonyl (C=O) groups is 1. The molecule has 0 saturated carbocycles. The average Bonchev–Trinajstić information content (AvgIpc) is 2.58. The monoisotopic (exact) mass is 438 g/mol. The molecule has 140 valence electrons. The number of nitrogens with one attached hydrogen (secondary N) is 1. The Balaban J connectivity index is 1.97. The van der Waals surface area contributed by atoms with Crippen LogP contribution in [0.25, 0.3) is 0 Å². The average molecular weight is 439 g/mol. The van der Waals surface area contributed by atoms with Gasteiger partial charge in [-0.05, 0) is 36.6 Å². The Morgan fingerprint density at radius 3 is 2.46 bits per heavy atom. The molecule has 0 bridgehead atoms. The lowest BCUT2D eigenvalue weighted by molar-refractivity contribution is -0.121. The number of sulfonamides is 1. The normalized spacial score (nSPS) is 12.8. The minimum Gasteiger partial charge on any atom is -0.348 e. The summed E-state index contributed by atoms with van der Waals surface area (Å²) in [5, 5.41) is 2.86. The number of carbonyl (C=O) groups excluding carboxylic acids is 1. The summed E-state index contributed by atoms with van der Waals surface area (Å²) in [6.07, 6.45) is 1.69. The Hall–Kier alpha value is -1.70. The molecule has 0 aromatic heterocycles. The van der Waals surface area contributed by atoms with Crippen molar-refractivity contribution in [1.29, 1.82) is 0 Å². The van der Waals surface area contributed by atoms with Crippen molar-refractivity contribution < 1.29 is 13.2 Å². The number of hydrogen-bond donors (Lipinski definition) is 1. The van der Waals surface area contributed by atoms with Crippen molar-refractivity contribution in [3.63, 3.8) is 0 Å². The maximum absolute atomic E-state index is 12.4. The molecule has 0 aliphatic heterocycles. The van der Waals surface area contributed by atoms with Crippen molar-refractivity contribution in [3.05, 3.63) is 70.2 Å². The molecule has 0 spiro atoms. The predicted molar refractivity (Wildman–Crippen MR) is 107 cm³/mol. The molecule has 5 nitrogen and oxygen atoms in total. The number of amides is 1. The SMILES string of the molecule is CC(NC(=O)CN(CCc1ccccc1)S(C)(=O)=O)c1cccc(Br)c1. The van der Waals surface area contributed by atoms with E-state index in [4.69, 9.17) is 0 Å². The van der Waals surface area contributed by atoms with Crippen molar-refractivity contribution in [1.82, 2.24) is 9.62 Å². The van der Waals surface area contributed by atoms with Gasteiger partial charge in [0, 0.05) is 11.0 Å². The smallest absolute Gasteiger partial charge is 0.235 e. The number of benzene rings is 2. The van der Waals surface area contributed by atoms with Gasteiger partial charge in [0.25, 0.3) is 0 Å². The van der Waals surface area contributed by atoms with Gasteiger partial charge in [0.2, 0.25) is 15.9 Å². The molecular formula is C19H23BrN2O3S. The lowest BCUT2D eigenvalue weighted by Gasteiger charge is -2.21. The molecule has 0 radical (unpaired) electrons. The molecule has 1 amide bonds. The first-order valence-corrected chi connectivity index (χ1v) is 10.9. The molecule has 26 heavy (non-hydrogen) atoms. The summed E-state index contributed by atoms with van der Waals surface area (Å²) in [6, 6.07) is 17.0. The van der Waals surface area contributed by atoms with E-state index in [0.717, 1.165) is 21.9 Å². The van der Waals surface area contributed by atoms with Crippen molar-refractivity contribution in [2.24, 2.45) is 0 Å². The van der Waals surface area contributed by atoms with Gasteiger partial charge in [-0.1, -0.05) is 58.4 Å². The number of rotatable bonds is 8. The topological polar surface area (TPSA) is 66.5 Å². The van der Waals surface area contributed by atoms with Crippen LogP contribution >= 0.6 is 15.9 Å². The zero-order chi connectivity index (χ0) is 19.2. The maximum Gasteiger partial charge on any atom is 0.235 e. The number of hydrogen-bond acceptors (Lipinski definition) is 3. The second-order valence-electron chi connectivity index (χ2n) is 6.18. The molecule has 1 N–H and O–H groups in total. The highest BCUT2D eigenvalue weighted by atomic mass is 79.9. The molecule has 1 atom stereocenters. The molecule has 0 fully saturated rings. The lowest BCUT2D eigenvalue weighted by Crippen LogP contribution is -2.41. The van der Waals surface area contributed by atoms with Crippen LogP contribution in [0.4, 0.5) is 0 Å². The summed E-state index contributed by atoms with van der Waals surface area (Å²) in [6.45, 7) is 1.94. The zero-order valence-corrected chi connectivity index (χ0v) is 17.3. The van der Waals surface area contributed by atoms with Crippen LogP contribution in [0.5, 0.6) is 0 Å². The molecule has 2 aromatic carbocycles. The van der Waals surface area contributed by atoms with Crippen LogP contribution in [0.15, 0.2) is 59.1 Å². The van der Waals surface area contributed by atoms with E-state index in [2.05, 4.69) is 21.2 Å². The molecule has 2 aromatic rings. The molecule has 0 saturated heterocycles. The van der Waals surface area contributed by atoms with Crippen LogP contribution in [0.2, 0.25) is 0 Å². The lowest BCUT2D eigenvalue weighted by atomic mass is 10.1. The third-order valence-electron chi connectivity index (χ3n) is 4.01. The van der Waals surface area contributed by atoms with Gasteiger partial charge in [-0.3, -0.25) is 4.79 Å². The highest BCUT2D eigenvalue weighted by Crippen LogP contribution is 2.17. The van der Waals surface area contributed by atoms with Gasteiger partial charge in [0.1, 0.15) is 0 Å². The predicted octanol–water partition coefficient (Wildman–Crippen LogP) is 3.13. The molecule has 0 aliphatic carbocycles. The van der Waals surface area contributed by atoms with Gasteiger partial charge < -0.3 is 5.32 Å². The molecule has 7 heteroatoms. The fourth-order valence-corrected chi connectivity index (χ4v) is 3.76. The Bertz CT molecular complexity index is 841. The fourth-order valence-electron chi connectivity index (χ4n) is 2.57. The van der Waals surface area contributed by atoms with Crippen LogP contribution < -0.4 is 5.32 Å². The van der Waals surface area contributed by atoms with Gasteiger partial charge in [-0.2, -0.15) is 4.31 Å². The molecule has 1 unspecified atom stereocenters. The first kappa shape index (κ1) is 20.6.